The van der Waals surface area contributed by atoms with Crippen molar-refractivity contribution in [1.29, 1.82) is 0 Å². The van der Waals surface area contributed by atoms with E-state index < -0.39 is 11.7 Å². The summed E-state index contributed by atoms with van der Waals surface area (Å²) in [5, 5.41) is 3.81. The number of carbonyl (C=O) groups is 1. The number of nitrogens with zero attached hydrogens (tertiary/aromatic N) is 5. The summed E-state index contributed by atoms with van der Waals surface area (Å²) in [5.41, 5.74) is 0.509. The van der Waals surface area contributed by atoms with Gasteiger partial charge in [0.15, 0.2) is 5.82 Å². The minimum atomic E-state index is -4.46. The predicted molar refractivity (Wildman–Crippen MR) is 113 cm³/mol. The van der Waals surface area contributed by atoms with Crippen LogP contribution in [0.25, 0.3) is 11.5 Å². The van der Waals surface area contributed by atoms with Crippen LogP contribution in [-0.2, 0) is 6.18 Å². The van der Waals surface area contributed by atoms with Crippen LogP contribution in [0.5, 0.6) is 5.88 Å². The Kier molecular flexibility index (Phi) is 5.49. The predicted octanol–water partition coefficient (Wildman–Crippen LogP) is 4.09. The summed E-state index contributed by atoms with van der Waals surface area (Å²) >= 11 is 0. The summed E-state index contributed by atoms with van der Waals surface area (Å²) in [7, 11) is 0. The fourth-order valence-electron chi connectivity index (χ4n) is 4.36. The van der Waals surface area contributed by atoms with Gasteiger partial charge in [-0.05, 0) is 56.7 Å². The van der Waals surface area contributed by atoms with Gasteiger partial charge in [-0.3, -0.25) is 4.79 Å². The van der Waals surface area contributed by atoms with Crippen molar-refractivity contribution in [3.8, 4) is 17.3 Å². The van der Waals surface area contributed by atoms with Crippen molar-refractivity contribution in [1.82, 2.24) is 25.0 Å². The zero-order valence-electron chi connectivity index (χ0n) is 18.5. The first-order valence-electron chi connectivity index (χ1n) is 10.9. The lowest BCUT2D eigenvalue weighted by molar-refractivity contribution is -0.137. The second-order valence-corrected chi connectivity index (χ2v) is 8.79. The number of likely N-dealkylation sites (tertiary alicyclic amines) is 1. The second-order valence-electron chi connectivity index (χ2n) is 8.79. The molecule has 3 aromatic rings. The number of alkyl halides is 3. The smallest absolute Gasteiger partial charge is 0.417 e. The van der Waals surface area contributed by atoms with Crippen molar-refractivity contribution in [3.63, 3.8) is 0 Å². The van der Waals surface area contributed by atoms with Crippen LogP contribution in [0.3, 0.4) is 0 Å². The molecule has 3 aromatic heterocycles. The van der Waals surface area contributed by atoms with Crippen molar-refractivity contribution >= 4 is 5.91 Å². The third-order valence-corrected chi connectivity index (χ3v) is 6.26. The van der Waals surface area contributed by atoms with E-state index in [0.29, 0.717) is 35.5 Å². The fourth-order valence-corrected chi connectivity index (χ4v) is 4.36. The van der Waals surface area contributed by atoms with Crippen molar-refractivity contribution in [2.24, 2.45) is 11.8 Å². The van der Waals surface area contributed by atoms with Gasteiger partial charge in [-0.15, -0.1) is 0 Å². The molecule has 0 aromatic carbocycles. The topological polar surface area (TPSA) is 94.2 Å². The number of amides is 1. The van der Waals surface area contributed by atoms with Crippen LogP contribution in [0.1, 0.15) is 40.4 Å². The molecule has 2 aliphatic rings. The van der Waals surface area contributed by atoms with E-state index in [9.17, 15) is 18.0 Å². The molecular formula is C23H22F3N5O3. The molecule has 0 spiro atoms. The molecule has 0 N–H and O–H groups in total. The quantitative estimate of drug-likeness (QED) is 0.551. The molecule has 3 atom stereocenters. The van der Waals surface area contributed by atoms with Gasteiger partial charge in [0.1, 0.15) is 12.3 Å². The highest BCUT2D eigenvalue weighted by Gasteiger charge is 2.48. The number of aromatic nitrogens is 4. The molecule has 0 unspecified atom stereocenters. The number of halogens is 3. The van der Waals surface area contributed by atoms with Crippen LogP contribution in [0.4, 0.5) is 13.2 Å². The van der Waals surface area contributed by atoms with Gasteiger partial charge in [-0.2, -0.15) is 18.2 Å². The van der Waals surface area contributed by atoms with Gasteiger partial charge in [-0.1, -0.05) is 5.16 Å². The summed E-state index contributed by atoms with van der Waals surface area (Å²) in [6, 6.07) is 5.37. The molecule has 1 saturated heterocycles. The summed E-state index contributed by atoms with van der Waals surface area (Å²) in [6.45, 7) is 4.17. The molecular weight excluding hydrogens is 451 g/mol. The first-order valence-corrected chi connectivity index (χ1v) is 10.9. The number of hydrogen-bond acceptors (Lipinski definition) is 7. The first kappa shape index (κ1) is 22.3. The molecule has 0 radical (unpaired) electrons. The molecule has 178 valence electrons. The Labute approximate surface area is 193 Å². The summed E-state index contributed by atoms with van der Waals surface area (Å²) in [4.78, 5) is 27.9. The number of pyridine rings is 2. The SMILES string of the molecule is Cc1ccc(-c2nc(C)no2)c(C(=O)N2C[C@@H]3C[C@@H]3C[C@H]2COc2ccc(C(F)(F)F)cn2)n1. The third-order valence-electron chi connectivity index (χ3n) is 6.26. The zero-order valence-corrected chi connectivity index (χ0v) is 18.5. The number of piperidine rings is 1. The van der Waals surface area contributed by atoms with E-state index in [1.54, 1.807) is 30.9 Å². The Morgan fingerprint density at radius 3 is 2.65 bits per heavy atom. The number of fused-ring (bicyclic) bond motifs is 1. The summed E-state index contributed by atoms with van der Waals surface area (Å²) in [6.07, 6.45) is -1.94. The van der Waals surface area contributed by atoms with E-state index in [1.807, 2.05) is 0 Å². The fraction of sp³-hybridized carbons (Fsp3) is 0.435. The lowest BCUT2D eigenvalue weighted by Crippen LogP contribution is -2.48. The highest BCUT2D eigenvalue weighted by atomic mass is 19.4. The van der Waals surface area contributed by atoms with Crippen molar-refractivity contribution in [3.05, 3.63) is 53.2 Å². The maximum absolute atomic E-state index is 13.7. The molecule has 2 fully saturated rings. The Morgan fingerprint density at radius 2 is 1.97 bits per heavy atom. The Balaban J connectivity index is 1.37. The first-order chi connectivity index (χ1) is 16.2. The highest BCUT2D eigenvalue weighted by molar-refractivity contribution is 5.98. The monoisotopic (exact) mass is 473 g/mol. The zero-order chi connectivity index (χ0) is 24.0. The van der Waals surface area contributed by atoms with Crippen LogP contribution in [0.2, 0.25) is 0 Å². The van der Waals surface area contributed by atoms with Crippen LogP contribution in [0, 0.1) is 25.7 Å². The molecule has 11 heteroatoms. The van der Waals surface area contributed by atoms with E-state index in [0.717, 1.165) is 25.1 Å². The molecule has 34 heavy (non-hydrogen) atoms. The van der Waals surface area contributed by atoms with Crippen LogP contribution in [0.15, 0.2) is 35.0 Å². The largest absolute Gasteiger partial charge is 0.475 e. The van der Waals surface area contributed by atoms with E-state index >= 15 is 0 Å². The van der Waals surface area contributed by atoms with Crippen molar-refractivity contribution in [2.75, 3.05) is 13.2 Å². The Morgan fingerprint density at radius 1 is 1.15 bits per heavy atom. The highest BCUT2D eigenvalue weighted by Crippen LogP contribution is 2.47. The second kappa shape index (κ2) is 8.37. The van der Waals surface area contributed by atoms with Gasteiger partial charge >= 0.3 is 6.18 Å². The van der Waals surface area contributed by atoms with Gasteiger partial charge < -0.3 is 14.2 Å². The number of hydrogen-bond donors (Lipinski definition) is 0. The lowest BCUT2D eigenvalue weighted by atomic mass is 10.0. The number of ether oxygens (including phenoxy) is 1. The average Bonchev–Trinajstić information content (AvgIpc) is 3.44. The van der Waals surface area contributed by atoms with Gasteiger partial charge in [-0.25, -0.2) is 9.97 Å². The number of aryl methyl sites for hydroxylation is 2. The molecule has 1 aliphatic heterocycles. The van der Waals surface area contributed by atoms with Crippen LogP contribution >= 0.6 is 0 Å². The van der Waals surface area contributed by atoms with Crippen LogP contribution in [-0.4, -0.2) is 50.1 Å². The van der Waals surface area contributed by atoms with E-state index in [4.69, 9.17) is 9.26 Å². The van der Waals surface area contributed by atoms with Gasteiger partial charge in [0.25, 0.3) is 11.8 Å². The Bertz CT molecular complexity index is 1210. The number of carbonyl (C=O) groups excluding carboxylic acids is 1. The maximum atomic E-state index is 13.7. The average molecular weight is 473 g/mol. The van der Waals surface area contributed by atoms with Gasteiger partial charge in [0.05, 0.1) is 17.2 Å². The van der Waals surface area contributed by atoms with Gasteiger partial charge in [0, 0.05) is 24.5 Å². The van der Waals surface area contributed by atoms with Gasteiger partial charge in [0.2, 0.25) is 5.88 Å². The molecule has 1 aliphatic carbocycles. The van der Waals surface area contributed by atoms with E-state index in [1.165, 1.54) is 6.07 Å². The van der Waals surface area contributed by atoms with E-state index in [-0.39, 0.29) is 36.0 Å². The molecule has 4 heterocycles. The summed E-state index contributed by atoms with van der Waals surface area (Å²) < 4.78 is 49.3. The van der Waals surface area contributed by atoms with Crippen molar-refractivity contribution < 1.29 is 27.2 Å². The third kappa shape index (κ3) is 4.46. The number of rotatable bonds is 5. The normalized spacial score (nSPS) is 21.8. The van der Waals surface area contributed by atoms with Crippen LogP contribution < -0.4 is 4.74 Å². The van der Waals surface area contributed by atoms with E-state index in [2.05, 4.69) is 20.1 Å². The molecule has 5 rings (SSSR count). The molecule has 1 amide bonds. The Hall–Kier alpha value is -3.50. The minimum Gasteiger partial charge on any atom is -0.475 e. The minimum absolute atomic E-state index is 0.0778. The molecule has 0 bridgehead atoms. The molecule has 8 nitrogen and oxygen atoms in total. The lowest BCUT2D eigenvalue weighted by Gasteiger charge is -2.35. The maximum Gasteiger partial charge on any atom is 0.417 e. The van der Waals surface area contributed by atoms with Crippen molar-refractivity contribution in [2.45, 2.75) is 38.9 Å². The molecule has 1 saturated carbocycles. The standard InChI is InChI=1S/C23H22F3N5O3/c1-12-3-5-18(21-29-13(2)30-34-21)20(28-12)22(32)31-10-15-7-14(15)8-17(31)11-33-19-6-4-16(9-27-19)23(24,25)26/h3-6,9,14-15,17H,7-8,10-11H2,1-2H3/t14-,15+,17+/m1/s1. The summed E-state index contributed by atoms with van der Waals surface area (Å²) in [5.74, 6) is 1.42.